The van der Waals surface area contributed by atoms with Crippen LogP contribution in [0.3, 0.4) is 0 Å². The van der Waals surface area contributed by atoms with Gasteiger partial charge in [0.2, 0.25) is 5.91 Å². The Morgan fingerprint density at radius 1 is 1.32 bits per heavy atom. The van der Waals surface area contributed by atoms with Crippen LogP contribution in [0.5, 0.6) is 0 Å². The first-order valence-corrected chi connectivity index (χ1v) is 6.89. The molecular weight excluding hydrogens is 284 g/mol. The highest BCUT2D eigenvalue weighted by molar-refractivity contribution is 7.13. The summed E-state index contributed by atoms with van der Waals surface area (Å²) in [6, 6.07) is 6.70. The Morgan fingerprint density at radius 2 is 2.16 bits per heavy atom. The smallest absolute Gasteiger partial charge is 0.226 e. The van der Waals surface area contributed by atoms with Gasteiger partial charge < -0.3 is 5.32 Å². The maximum absolute atomic E-state index is 11.9. The van der Waals surface area contributed by atoms with Gasteiger partial charge in [0.15, 0.2) is 10.9 Å². The van der Waals surface area contributed by atoms with Crippen LogP contribution in [0, 0.1) is 0 Å². The molecule has 0 aliphatic carbocycles. The number of ketones is 1. The van der Waals surface area contributed by atoms with Crippen LogP contribution in [0.1, 0.15) is 23.2 Å². The molecule has 1 amide bonds. The first-order chi connectivity index (χ1) is 9.15. The maximum atomic E-state index is 11.9. The monoisotopic (exact) mass is 294 g/mol. The lowest BCUT2D eigenvalue weighted by Crippen LogP contribution is -2.13. The molecule has 19 heavy (non-hydrogen) atoms. The number of aromatic nitrogens is 1. The molecule has 0 aliphatic rings. The molecule has 1 N–H and O–H groups in total. The number of thiazole rings is 1. The molecule has 1 heterocycles. The van der Waals surface area contributed by atoms with E-state index in [0.29, 0.717) is 15.7 Å². The molecule has 0 unspecified atom stereocenters. The Kier molecular flexibility index (Phi) is 4.65. The van der Waals surface area contributed by atoms with Crippen molar-refractivity contribution in [3.8, 4) is 0 Å². The number of rotatable bonds is 5. The van der Waals surface area contributed by atoms with Gasteiger partial charge in [-0.05, 0) is 12.1 Å². The first kappa shape index (κ1) is 13.7. The zero-order valence-electron chi connectivity index (χ0n) is 9.93. The Balaban J connectivity index is 1.85. The molecule has 98 valence electrons. The topological polar surface area (TPSA) is 59.1 Å². The molecule has 1 aromatic carbocycles. The second-order valence-corrected chi connectivity index (χ2v) is 5.15. The van der Waals surface area contributed by atoms with Crippen molar-refractivity contribution in [3.05, 3.63) is 46.4 Å². The predicted octanol–water partition coefficient (Wildman–Crippen LogP) is 3.40. The average molecular weight is 295 g/mol. The summed E-state index contributed by atoms with van der Waals surface area (Å²) in [4.78, 5) is 27.4. The molecule has 1 aromatic heterocycles. The fourth-order valence-corrected chi connectivity index (χ4v) is 2.24. The van der Waals surface area contributed by atoms with E-state index in [1.165, 1.54) is 11.3 Å². The number of Topliss-reactive ketones (excluding diaryl/α,β-unsaturated/α-hetero) is 1. The van der Waals surface area contributed by atoms with Crippen molar-refractivity contribution < 1.29 is 9.59 Å². The zero-order valence-corrected chi connectivity index (χ0v) is 11.5. The minimum atomic E-state index is -0.217. The number of hydrogen-bond donors (Lipinski definition) is 1. The fraction of sp³-hybridized carbons (Fsp3) is 0.154. The maximum Gasteiger partial charge on any atom is 0.226 e. The van der Waals surface area contributed by atoms with Crippen molar-refractivity contribution in [2.45, 2.75) is 12.8 Å². The minimum Gasteiger partial charge on any atom is -0.302 e. The van der Waals surface area contributed by atoms with E-state index in [9.17, 15) is 9.59 Å². The Labute approximate surface area is 119 Å². The Hall–Kier alpha value is -1.72. The highest BCUT2D eigenvalue weighted by atomic mass is 35.5. The summed E-state index contributed by atoms with van der Waals surface area (Å²) in [5.74, 6) is -0.317. The van der Waals surface area contributed by atoms with Crippen LogP contribution in [0.25, 0.3) is 0 Å². The molecule has 2 rings (SSSR count). The van der Waals surface area contributed by atoms with E-state index in [4.69, 9.17) is 11.6 Å². The van der Waals surface area contributed by atoms with Gasteiger partial charge >= 0.3 is 0 Å². The predicted molar refractivity (Wildman–Crippen MR) is 75.8 cm³/mol. The van der Waals surface area contributed by atoms with Crippen molar-refractivity contribution in [2.24, 2.45) is 0 Å². The summed E-state index contributed by atoms with van der Waals surface area (Å²) in [6.45, 7) is 0. The molecule has 2 aromatic rings. The second-order valence-electron chi connectivity index (χ2n) is 3.82. The number of carbonyl (C=O) groups is 2. The number of nitrogens with one attached hydrogen (secondary N) is 1. The van der Waals surface area contributed by atoms with E-state index in [1.54, 1.807) is 35.8 Å². The summed E-state index contributed by atoms with van der Waals surface area (Å²) in [5.41, 5.74) is 0.523. The highest BCUT2D eigenvalue weighted by Crippen LogP contribution is 2.14. The summed E-state index contributed by atoms with van der Waals surface area (Å²) < 4.78 is 0. The second kappa shape index (κ2) is 6.45. The molecule has 0 saturated carbocycles. The van der Waals surface area contributed by atoms with Crippen molar-refractivity contribution in [2.75, 3.05) is 5.32 Å². The Morgan fingerprint density at radius 3 is 2.84 bits per heavy atom. The SMILES string of the molecule is O=C(CCC(=O)c1cccc(Cl)c1)Nc1nccs1. The number of benzene rings is 1. The lowest BCUT2D eigenvalue weighted by molar-refractivity contribution is -0.116. The highest BCUT2D eigenvalue weighted by Gasteiger charge is 2.10. The first-order valence-electron chi connectivity index (χ1n) is 5.63. The summed E-state index contributed by atoms with van der Waals surface area (Å²) >= 11 is 7.15. The van der Waals surface area contributed by atoms with Crippen molar-refractivity contribution >= 4 is 39.8 Å². The average Bonchev–Trinajstić information content (AvgIpc) is 2.88. The normalized spacial score (nSPS) is 10.2. The van der Waals surface area contributed by atoms with Gasteiger partial charge in [0, 0.05) is 35.0 Å². The van der Waals surface area contributed by atoms with Gasteiger partial charge in [-0.3, -0.25) is 9.59 Å². The third-order valence-corrected chi connectivity index (χ3v) is 3.33. The van der Waals surface area contributed by atoms with Crippen LogP contribution in [0.2, 0.25) is 5.02 Å². The Bertz CT molecular complexity index is 584. The largest absolute Gasteiger partial charge is 0.302 e. The summed E-state index contributed by atoms with van der Waals surface area (Å²) in [6.07, 6.45) is 1.89. The van der Waals surface area contributed by atoms with Crippen LogP contribution >= 0.6 is 22.9 Å². The van der Waals surface area contributed by atoms with Gasteiger partial charge in [0.1, 0.15) is 0 Å². The van der Waals surface area contributed by atoms with Crippen molar-refractivity contribution in [1.29, 1.82) is 0 Å². The summed E-state index contributed by atoms with van der Waals surface area (Å²) in [5, 5.41) is 5.45. The van der Waals surface area contributed by atoms with Crippen LogP contribution in [0.4, 0.5) is 5.13 Å². The van der Waals surface area contributed by atoms with Gasteiger partial charge in [0.05, 0.1) is 0 Å². The quantitative estimate of drug-likeness (QED) is 0.860. The number of nitrogens with zero attached hydrogens (tertiary/aromatic N) is 1. The molecule has 6 heteroatoms. The van der Waals surface area contributed by atoms with E-state index < -0.39 is 0 Å². The summed E-state index contributed by atoms with van der Waals surface area (Å²) in [7, 11) is 0. The van der Waals surface area contributed by atoms with Crippen molar-refractivity contribution in [1.82, 2.24) is 4.98 Å². The molecule has 0 radical (unpaired) electrons. The van der Waals surface area contributed by atoms with E-state index in [1.807, 2.05) is 0 Å². The third kappa shape index (κ3) is 4.15. The standard InChI is InChI=1S/C13H11ClN2O2S/c14-10-3-1-2-9(8-10)11(17)4-5-12(18)16-13-15-6-7-19-13/h1-3,6-8H,4-5H2,(H,15,16,18). The lowest BCUT2D eigenvalue weighted by Gasteiger charge is -2.02. The molecule has 0 spiro atoms. The van der Waals surface area contributed by atoms with Gasteiger partial charge in [-0.2, -0.15) is 0 Å². The molecule has 0 fully saturated rings. The molecule has 0 atom stereocenters. The van der Waals surface area contributed by atoms with E-state index in [-0.39, 0.29) is 24.5 Å². The number of hydrogen-bond acceptors (Lipinski definition) is 4. The fourth-order valence-electron chi connectivity index (χ4n) is 1.50. The lowest BCUT2D eigenvalue weighted by atomic mass is 10.1. The zero-order chi connectivity index (χ0) is 13.7. The molecule has 4 nitrogen and oxygen atoms in total. The number of carbonyl (C=O) groups excluding carboxylic acids is 2. The van der Waals surface area contributed by atoms with Gasteiger partial charge in [-0.15, -0.1) is 11.3 Å². The minimum absolute atomic E-state index is 0.100. The third-order valence-electron chi connectivity index (χ3n) is 2.40. The number of amides is 1. The van der Waals surface area contributed by atoms with Gasteiger partial charge in [-0.25, -0.2) is 4.98 Å². The van der Waals surface area contributed by atoms with Crippen LogP contribution in [-0.2, 0) is 4.79 Å². The van der Waals surface area contributed by atoms with E-state index in [2.05, 4.69) is 10.3 Å². The molecular formula is C13H11ClN2O2S. The van der Waals surface area contributed by atoms with Crippen LogP contribution in [0.15, 0.2) is 35.8 Å². The van der Waals surface area contributed by atoms with Gasteiger partial charge in [-0.1, -0.05) is 23.7 Å². The molecule has 0 saturated heterocycles. The number of anilines is 1. The molecule has 0 bridgehead atoms. The van der Waals surface area contributed by atoms with Gasteiger partial charge in [0.25, 0.3) is 0 Å². The van der Waals surface area contributed by atoms with E-state index >= 15 is 0 Å². The molecule has 0 aliphatic heterocycles. The van der Waals surface area contributed by atoms with Crippen LogP contribution < -0.4 is 5.32 Å². The number of halogens is 1. The van der Waals surface area contributed by atoms with Crippen molar-refractivity contribution in [3.63, 3.8) is 0 Å². The van der Waals surface area contributed by atoms with E-state index in [0.717, 1.165) is 0 Å². The van der Waals surface area contributed by atoms with Crippen LogP contribution in [-0.4, -0.2) is 16.7 Å².